The first-order chi connectivity index (χ1) is 10.2. The lowest BCUT2D eigenvalue weighted by Gasteiger charge is -1.97. The molecule has 5 N–H and O–H groups in total. The monoisotopic (exact) mass is 295 g/mol. The molecule has 2 aromatic heterocycles. The van der Waals surface area contributed by atoms with Gasteiger partial charge in [0.15, 0.2) is 5.13 Å². The molecule has 2 heterocycles. The lowest BCUT2D eigenvalue weighted by atomic mass is 10.1. The number of nitrogens with zero attached hydrogens (tertiary/aromatic N) is 2. The van der Waals surface area contributed by atoms with Gasteiger partial charge in [-0.05, 0) is 35.9 Å². The topological polar surface area (TPSA) is 93.6 Å². The number of hydrogen-bond acceptors (Lipinski definition) is 5. The first-order valence-corrected chi connectivity index (χ1v) is 7.38. The summed E-state index contributed by atoms with van der Waals surface area (Å²) in [5, 5.41) is 0.598. The number of rotatable bonds is 2. The minimum Gasteiger partial charge on any atom is -0.399 e. The van der Waals surface area contributed by atoms with Crippen LogP contribution in [0.25, 0.3) is 21.3 Å². The average Bonchev–Trinajstić information content (AvgIpc) is 2.99. The van der Waals surface area contributed by atoms with Gasteiger partial charge in [-0.15, -0.1) is 0 Å². The van der Waals surface area contributed by atoms with Gasteiger partial charge in [0.1, 0.15) is 5.82 Å². The van der Waals surface area contributed by atoms with Crippen LogP contribution in [0.1, 0.15) is 11.4 Å². The number of benzene rings is 2. The third-order valence-corrected chi connectivity index (χ3v) is 4.24. The van der Waals surface area contributed by atoms with Crippen LogP contribution >= 0.6 is 11.3 Å². The van der Waals surface area contributed by atoms with Crippen LogP contribution in [0.15, 0.2) is 36.4 Å². The molecule has 2 aromatic carbocycles. The van der Waals surface area contributed by atoms with Crippen molar-refractivity contribution in [3.63, 3.8) is 0 Å². The van der Waals surface area contributed by atoms with Gasteiger partial charge in [-0.1, -0.05) is 17.4 Å². The summed E-state index contributed by atoms with van der Waals surface area (Å²) in [6, 6.07) is 11.9. The van der Waals surface area contributed by atoms with Gasteiger partial charge < -0.3 is 16.5 Å². The maximum atomic E-state index is 5.79. The first kappa shape index (κ1) is 12.2. The average molecular weight is 295 g/mol. The smallest absolute Gasteiger partial charge is 0.181 e. The fourth-order valence-electron chi connectivity index (χ4n) is 2.45. The number of nitrogens with two attached hydrogens (primary N) is 2. The Hall–Kier alpha value is -2.60. The molecule has 0 radical (unpaired) electrons. The number of aromatic nitrogens is 3. The van der Waals surface area contributed by atoms with Crippen LogP contribution < -0.4 is 11.5 Å². The minimum absolute atomic E-state index is 0.598. The summed E-state index contributed by atoms with van der Waals surface area (Å²) in [5.41, 5.74) is 16.3. The van der Waals surface area contributed by atoms with E-state index in [1.54, 1.807) is 0 Å². The summed E-state index contributed by atoms with van der Waals surface area (Å²) >= 11 is 1.50. The van der Waals surface area contributed by atoms with E-state index >= 15 is 0 Å². The number of aromatic amines is 1. The van der Waals surface area contributed by atoms with Crippen molar-refractivity contribution < 1.29 is 0 Å². The lowest BCUT2D eigenvalue weighted by molar-refractivity contribution is 1.04. The van der Waals surface area contributed by atoms with Crippen molar-refractivity contribution in [2.45, 2.75) is 6.42 Å². The lowest BCUT2D eigenvalue weighted by Crippen LogP contribution is -1.90. The van der Waals surface area contributed by atoms with Crippen molar-refractivity contribution in [3.05, 3.63) is 47.8 Å². The molecule has 5 nitrogen and oxygen atoms in total. The van der Waals surface area contributed by atoms with E-state index in [9.17, 15) is 0 Å². The second kappa shape index (κ2) is 4.46. The zero-order valence-electron chi connectivity index (χ0n) is 11.1. The van der Waals surface area contributed by atoms with E-state index in [1.165, 1.54) is 16.9 Å². The Morgan fingerprint density at radius 2 is 1.86 bits per heavy atom. The summed E-state index contributed by atoms with van der Waals surface area (Å²) < 4.78 is 1.10. The SMILES string of the molecule is Nc1ccc2nc(Cc3ccc4nc(N)sc4c3)[nH]c2c1. The third kappa shape index (κ3) is 2.19. The molecule has 0 saturated carbocycles. The van der Waals surface area contributed by atoms with Crippen molar-refractivity contribution in [2.75, 3.05) is 11.5 Å². The molecular formula is C15H13N5S. The maximum Gasteiger partial charge on any atom is 0.181 e. The molecule has 0 aliphatic carbocycles. The van der Waals surface area contributed by atoms with E-state index in [1.807, 2.05) is 24.3 Å². The fourth-order valence-corrected chi connectivity index (χ4v) is 3.25. The van der Waals surface area contributed by atoms with Gasteiger partial charge in [-0.3, -0.25) is 0 Å². The normalized spacial score (nSPS) is 11.4. The number of imidazole rings is 1. The van der Waals surface area contributed by atoms with Gasteiger partial charge in [0.05, 0.1) is 21.3 Å². The van der Waals surface area contributed by atoms with Crippen LogP contribution in [0.5, 0.6) is 0 Å². The molecule has 0 amide bonds. The number of hydrogen-bond donors (Lipinski definition) is 3. The predicted octanol–water partition coefficient (Wildman–Crippen LogP) is 2.93. The molecule has 0 aliphatic rings. The highest BCUT2D eigenvalue weighted by molar-refractivity contribution is 7.22. The van der Waals surface area contributed by atoms with Gasteiger partial charge in [-0.25, -0.2) is 9.97 Å². The van der Waals surface area contributed by atoms with Crippen molar-refractivity contribution in [1.29, 1.82) is 0 Å². The van der Waals surface area contributed by atoms with Crippen LogP contribution in [0.2, 0.25) is 0 Å². The first-order valence-electron chi connectivity index (χ1n) is 6.56. The van der Waals surface area contributed by atoms with Crippen LogP contribution in [0.4, 0.5) is 10.8 Å². The summed E-state index contributed by atoms with van der Waals surface area (Å²) in [6.45, 7) is 0. The highest BCUT2D eigenvalue weighted by Crippen LogP contribution is 2.25. The number of H-pyrrole nitrogens is 1. The molecule has 0 atom stereocenters. The Morgan fingerprint density at radius 3 is 2.76 bits per heavy atom. The highest BCUT2D eigenvalue weighted by atomic mass is 32.1. The summed E-state index contributed by atoms with van der Waals surface area (Å²) in [7, 11) is 0. The van der Waals surface area contributed by atoms with Gasteiger partial charge in [-0.2, -0.15) is 0 Å². The molecule has 0 saturated heterocycles. The van der Waals surface area contributed by atoms with Crippen LogP contribution in [0.3, 0.4) is 0 Å². The second-order valence-electron chi connectivity index (χ2n) is 4.99. The van der Waals surface area contributed by atoms with Crippen LogP contribution in [-0.4, -0.2) is 15.0 Å². The Labute approximate surface area is 124 Å². The van der Waals surface area contributed by atoms with Crippen molar-refractivity contribution in [1.82, 2.24) is 15.0 Å². The Morgan fingerprint density at radius 1 is 1.00 bits per heavy atom. The molecule has 0 fully saturated rings. The predicted molar refractivity (Wildman–Crippen MR) is 87.3 cm³/mol. The van der Waals surface area contributed by atoms with Crippen LogP contribution in [-0.2, 0) is 6.42 Å². The van der Waals surface area contributed by atoms with Gasteiger partial charge in [0.25, 0.3) is 0 Å². The van der Waals surface area contributed by atoms with E-state index in [4.69, 9.17) is 11.5 Å². The van der Waals surface area contributed by atoms with E-state index in [2.05, 4.69) is 27.1 Å². The standard InChI is InChI=1S/C15H13N5S/c16-9-2-4-10-12(7-9)19-14(18-10)6-8-1-3-11-13(5-8)21-15(17)20-11/h1-5,7H,6,16H2,(H2,17,20)(H,18,19). The third-order valence-electron chi connectivity index (χ3n) is 3.40. The quantitative estimate of drug-likeness (QED) is 0.496. The van der Waals surface area contributed by atoms with E-state index in [0.717, 1.165) is 39.2 Å². The fraction of sp³-hybridized carbons (Fsp3) is 0.0667. The number of nitrogens with one attached hydrogen (secondary N) is 1. The Bertz CT molecular complexity index is 953. The molecule has 104 valence electrons. The number of thiazole rings is 1. The van der Waals surface area contributed by atoms with Gasteiger partial charge in [0, 0.05) is 12.1 Å². The highest BCUT2D eigenvalue weighted by Gasteiger charge is 2.06. The molecule has 0 bridgehead atoms. The molecule has 4 rings (SSSR count). The molecule has 21 heavy (non-hydrogen) atoms. The Balaban J connectivity index is 1.71. The van der Waals surface area contributed by atoms with Crippen molar-refractivity contribution in [2.24, 2.45) is 0 Å². The maximum absolute atomic E-state index is 5.79. The zero-order chi connectivity index (χ0) is 14.4. The largest absolute Gasteiger partial charge is 0.399 e. The number of fused-ring (bicyclic) bond motifs is 2. The summed E-state index contributed by atoms with van der Waals surface area (Å²) in [6.07, 6.45) is 0.738. The van der Waals surface area contributed by atoms with E-state index < -0.39 is 0 Å². The van der Waals surface area contributed by atoms with Crippen molar-refractivity contribution in [3.8, 4) is 0 Å². The number of anilines is 2. The van der Waals surface area contributed by atoms with Gasteiger partial charge in [0.2, 0.25) is 0 Å². The molecular weight excluding hydrogens is 282 g/mol. The number of nitrogen functional groups attached to an aromatic ring is 2. The molecule has 4 aromatic rings. The summed E-state index contributed by atoms with van der Waals surface area (Å²) in [5.74, 6) is 0.924. The van der Waals surface area contributed by atoms with Crippen LogP contribution in [0, 0.1) is 0 Å². The minimum atomic E-state index is 0.598. The van der Waals surface area contributed by atoms with E-state index in [0.29, 0.717) is 5.13 Å². The molecule has 0 spiro atoms. The summed E-state index contributed by atoms with van der Waals surface area (Å²) in [4.78, 5) is 12.2. The van der Waals surface area contributed by atoms with E-state index in [-0.39, 0.29) is 0 Å². The van der Waals surface area contributed by atoms with Crippen molar-refractivity contribution >= 4 is 43.4 Å². The Kier molecular flexibility index (Phi) is 2.58. The van der Waals surface area contributed by atoms with Gasteiger partial charge >= 0.3 is 0 Å². The zero-order valence-corrected chi connectivity index (χ0v) is 11.9. The second-order valence-corrected chi connectivity index (χ2v) is 6.05. The molecule has 6 heteroatoms. The molecule has 0 unspecified atom stereocenters. The molecule has 0 aliphatic heterocycles.